The van der Waals surface area contributed by atoms with Crippen molar-refractivity contribution >= 4 is 17.7 Å². The lowest BCUT2D eigenvalue weighted by molar-refractivity contribution is -0.130. The van der Waals surface area contributed by atoms with Crippen LogP contribution in [0.1, 0.15) is 18.1 Å². The lowest BCUT2D eigenvalue weighted by Gasteiger charge is -2.17. The van der Waals surface area contributed by atoms with Crippen LogP contribution >= 0.6 is 0 Å². The minimum Gasteiger partial charge on any atom is -0.489 e. The summed E-state index contributed by atoms with van der Waals surface area (Å²) in [5.41, 5.74) is 9.79. The zero-order valence-electron chi connectivity index (χ0n) is 16.8. The third-order valence-corrected chi connectivity index (χ3v) is 4.30. The molecule has 0 spiro atoms. The monoisotopic (exact) mass is 413 g/mol. The van der Waals surface area contributed by atoms with Crippen molar-refractivity contribution in [2.24, 2.45) is 11.6 Å². The number of amides is 3. The summed E-state index contributed by atoms with van der Waals surface area (Å²) in [6.07, 6.45) is 0.300. The Labute approximate surface area is 175 Å². The molecule has 30 heavy (non-hydrogen) atoms. The third-order valence-electron chi connectivity index (χ3n) is 4.30. The summed E-state index contributed by atoms with van der Waals surface area (Å²) >= 11 is 0. The zero-order valence-corrected chi connectivity index (χ0v) is 16.8. The summed E-state index contributed by atoms with van der Waals surface area (Å²) in [6, 6.07) is 15.5. The Hall–Kier alpha value is -3.43. The fourth-order valence-electron chi connectivity index (χ4n) is 2.57. The van der Waals surface area contributed by atoms with Gasteiger partial charge in [0.1, 0.15) is 18.4 Å². The standard InChI is InChI=1S/C21H27N5O4/c1-14(20(28)24-12-19(27)26-23)25-21(29)18(22)11-15-7-9-17(10-8-15)30-13-16-5-3-2-4-6-16/h2-10,14,18H,11-13,22-23H2,1H3,(H,24,28)(H,25,29)(H,26,27)/t14-,18-/m1/s1. The summed E-state index contributed by atoms with van der Waals surface area (Å²) in [4.78, 5) is 35.2. The number of nitrogens with two attached hydrogens (primary N) is 2. The number of ether oxygens (including phenoxy) is 1. The number of carbonyl (C=O) groups excluding carboxylic acids is 3. The average Bonchev–Trinajstić information content (AvgIpc) is 2.77. The molecule has 0 saturated carbocycles. The van der Waals surface area contributed by atoms with Crippen LogP contribution in [0.15, 0.2) is 54.6 Å². The highest BCUT2D eigenvalue weighted by molar-refractivity contribution is 5.91. The molecule has 2 aromatic carbocycles. The van der Waals surface area contributed by atoms with Crippen molar-refractivity contribution in [3.63, 3.8) is 0 Å². The first-order valence-corrected chi connectivity index (χ1v) is 9.48. The Morgan fingerprint density at radius 3 is 2.27 bits per heavy atom. The van der Waals surface area contributed by atoms with Gasteiger partial charge in [-0.2, -0.15) is 0 Å². The Morgan fingerprint density at radius 2 is 1.63 bits per heavy atom. The van der Waals surface area contributed by atoms with E-state index < -0.39 is 29.8 Å². The number of hydrogen-bond acceptors (Lipinski definition) is 6. The molecule has 7 N–H and O–H groups in total. The minimum absolute atomic E-state index is 0.277. The Balaban J connectivity index is 1.78. The van der Waals surface area contributed by atoms with Gasteiger partial charge in [-0.3, -0.25) is 19.8 Å². The van der Waals surface area contributed by atoms with E-state index in [2.05, 4.69) is 10.6 Å². The van der Waals surface area contributed by atoms with Gasteiger partial charge >= 0.3 is 0 Å². The Bertz CT molecular complexity index is 842. The molecular weight excluding hydrogens is 386 g/mol. The van der Waals surface area contributed by atoms with Crippen molar-refractivity contribution in [1.82, 2.24) is 16.1 Å². The molecule has 0 aromatic heterocycles. The van der Waals surface area contributed by atoms with Crippen LogP contribution in [-0.4, -0.2) is 36.3 Å². The SMILES string of the molecule is C[C@@H](NC(=O)[C@H](N)Cc1ccc(OCc2ccccc2)cc1)C(=O)NCC(=O)NN. The van der Waals surface area contributed by atoms with E-state index in [1.807, 2.05) is 60.0 Å². The van der Waals surface area contributed by atoms with Crippen LogP contribution in [0.4, 0.5) is 0 Å². The van der Waals surface area contributed by atoms with Gasteiger partial charge in [0.05, 0.1) is 12.6 Å². The number of benzene rings is 2. The molecule has 0 aliphatic heterocycles. The van der Waals surface area contributed by atoms with Crippen molar-refractivity contribution in [3.8, 4) is 5.75 Å². The molecule has 0 heterocycles. The summed E-state index contributed by atoms with van der Waals surface area (Å²) in [5.74, 6) is 4.12. The fraction of sp³-hybridized carbons (Fsp3) is 0.286. The van der Waals surface area contributed by atoms with Gasteiger partial charge in [0.25, 0.3) is 5.91 Å². The molecule has 3 amide bonds. The third kappa shape index (κ3) is 7.53. The van der Waals surface area contributed by atoms with Gasteiger partial charge in [-0.05, 0) is 36.6 Å². The Morgan fingerprint density at radius 1 is 0.967 bits per heavy atom. The number of hydrogen-bond donors (Lipinski definition) is 5. The highest BCUT2D eigenvalue weighted by Crippen LogP contribution is 2.15. The number of hydrazine groups is 1. The number of nitrogens with one attached hydrogen (secondary N) is 3. The molecule has 160 valence electrons. The molecule has 0 bridgehead atoms. The maximum atomic E-state index is 12.2. The maximum absolute atomic E-state index is 12.2. The second-order valence-corrected chi connectivity index (χ2v) is 6.74. The van der Waals surface area contributed by atoms with Crippen molar-refractivity contribution in [1.29, 1.82) is 0 Å². The smallest absolute Gasteiger partial charge is 0.253 e. The summed E-state index contributed by atoms with van der Waals surface area (Å²) in [7, 11) is 0. The average molecular weight is 413 g/mol. The van der Waals surface area contributed by atoms with Gasteiger partial charge in [-0.25, -0.2) is 5.84 Å². The lowest BCUT2D eigenvalue weighted by Crippen LogP contribution is -2.52. The van der Waals surface area contributed by atoms with E-state index >= 15 is 0 Å². The van der Waals surface area contributed by atoms with E-state index in [-0.39, 0.29) is 6.54 Å². The van der Waals surface area contributed by atoms with Gasteiger partial charge in [-0.15, -0.1) is 0 Å². The normalized spacial score (nSPS) is 12.4. The molecule has 9 nitrogen and oxygen atoms in total. The minimum atomic E-state index is -0.845. The van der Waals surface area contributed by atoms with Crippen LogP contribution in [0.5, 0.6) is 5.75 Å². The zero-order chi connectivity index (χ0) is 21.9. The van der Waals surface area contributed by atoms with Crippen molar-refractivity contribution < 1.29 is 19.1 Å². The first-order valence-electron chi connectivity index (χ1n) is 9.48. The maximum Gasteiger partial charge on any atom is 0.253 e. The molecule has 0 fully saturated rings. The van der Waals surface area contributed by atoms with Crippen molar-refractivity contribution in [2.45, 2.75) is 32.0 Å². The van der Waals surface area contributed by atoms with Crippen molar-refractivity contribution in [3.05, 3.63) is 65.7 Å². The molecule has 0 aliphatic rings. The van der Waals surface area contributed by atoms with Gasteiger partial charge in [0, 0.05) is 0 Å². The van der Waals surface area contributed by atoms with E-state index in [4.69, 9.17) is 16.3 Å². The van der Waals surface area contributed by atoms with Crippen LogP contribution in [0, 0.1) is 0 Å². The van der Waals surface area contributed by atoms with Gasteiger partial charge < -0.3 is 21.1 Å². The second-order valence-electron chi connectivity index (χ2n) is 6.74. The Kier molecular flexibility index (Phi) is 8.79. The van der Waals surface area contributed by atoms with Gasteiger partial charge in [0.15, 0.2) is 0 Å². The topological polar surface area (TPSA) is 149 Å². The highest BCUT2D eigenvalue weighted by Gasteiger charge is 2.20. The van der Waals surface area contributed by atoms with E-state index in [0.29, 0.717) is 18.8 Å². The molecule has 9 heteroatoms. The van der Waals surface area contributed by atoms with Crippen LogP contribution < -0.4 is 32.4 Å². The lowest BCUT2D eigenvalue weighted by atomic mass is 10.1. The van der Waals surface area contributed by atoms with Crippen LogP contribution in [0.2, 0.25) is 0 Å². The molecule has 2 aromatic rings. The van der Waals surface area contributed by atoms with Crippen LogP contribution in [0.3, 0.4) is 0 Å². The molecular formula is C21H27N5O4. The number of carbonyl (C=O) groups is 3. The molecule has 0 saturated heterocycles. The predicted molar refractivity (Wildman–Crippen MR) is 112 cm³/mol. The van der Waals surface area contributed by atoms with Crippen molar-refractivity contribution in [2.75, 3.05) is 6.54 Å². The molecule has 0 unspecified atom stereocenters. The first-order chi connectivity index (χ1) is 14.4. The summed E-state index contributed by atoms with van der Waals surface area (Å²) in [6.45, 7) is 1.69. The van der Waals surface area contributed by atoms with Gasteiger partial charge in [0.2, 0.25) is 11.8 Å². The predicted octanol–water partition coefficient (Wildman–Crippen LogP) is -0.254. The van der Waals surface area contributed by atoms with E-state index in [0.717, 1.165) is 11.1 Å². The number of rotatable bonds is 10. The van der Waals surface area contributed by atoms with Gasteiger partial charge in [-0.1, -0.05) is 42.5 Å². The largest absolute Gasteiger partial charge is 0.489 e. The molecule has 2 atom stereocenters. The second kappa shape index (κ2) is 11.5. The van der Waals surface area contributed by atoms with E-state index in [9.17, 15) is 14.4 Å². The molecule has 0 radical (unpaired) electrons. The van der Waals surface area contributed by atoms with Crippen LogP contribution in [-0.2, 0) is 27.4 Å². The summed E-state index contributed by atoms with van der Waals surface area (Å²) < 4.78 is 5.74. The fourth-order valence-corrected chi connectivity index (χ4v) is 2.57. The highest BCUT2D eigenvalue weighted by atomic mass is 16.5. The van der Waals surface area contributed by atoms with E-state index in [1.54, 1.807) is 0 Å². The quantitative estimate of drug-likeness (QED) is 0.206. The first kappa shape index (κ1) is 22.9. The summed E-state index contributed by atoms with van der Waals surface area (Å²) in [5, 5.41) is 4.88. The molecule has 0 aliphatic carbocycles. The molecule has 2 rings (SSSR count). The van der Waals surface area contributed by atoms with Crippen LogP contribution in [0.25, 0.3) is 0 Å². The van der Waals surface area contributed by atoms with E-state index in [1.165, 1.54) is 6.92 Å².